The lowest BCUT2D eigenvalue weighted by Gasteiger charge is -2.37. The largest absolute Gasteiger partial charge is 0.469 e. The second kappa shape index (κ2) is 12.3. The standard InChI is InChI=1S/C29H34N4O4/c1-20(28(36)37-4)17-25(27(35)33(30)29(2,3)18-21-9-8-16-31-19-21)32-26(34)24-14-12-23(13-15-24)22-10-6-5-7-11-22/h5-16,19-20,25H,17-18,30H2,1-4H3,(H,32,34)/t20-,25-/m0/s1. The van der Waals surface area contributed by atoms with Crippen LogP contribution in [-0.4, -0.2) is 46.5 Å². The van der Waals surface area contributed by atoms with E-state index in [9.17, 15) is 14.4 Å². The fraction of sp³-hybridized carbons (Fsp3) is 0.310. The molecule has 0 fully saturated rings. The van der Waals surface area contributed by atoms with E-state index in [4.69, 9.17) is 10.6 Å². The molecule has 0 aliphatic heterocycles. The molecule has 37 heavy (non-hydrogen) atoms. The van der Waals surface area contributed by atoms with Gasteiger partial charge in [-0.2, -0.15) is 0 Å². The van der Waals surface area contributed by atoms with E-state index < -0.39 is 35.3 Å². The molecule has 0 unspecified atom stereocenters. The highest BCUT2D eigenvalue weighted by Gasteiger charge is 2.36. The summed E-state index contributed by atoms with van der Waals surface area (Å²) >= 11 is 0. The van der Waals surface area contributed by atoms with Crippen molar-refractivity contribution in [1.82, 2.24) is 15.3 Å². The summed E-state index contributed by atoms with van der Waals surface area (Å²) < 4.78 is 4.83. The molecular weight excluding hydrogens is 468 g/mol. The predicted octanol–water partition coefficient (Wildman–Crippen LogP) is 3.77. The normalized spacial score (nSPS) is 12.8. The van der Waals surface area contributed by atoms with Crippen molar-refractivity contribution in [3.8, 4) is 11.1 Å². The van der Waals surface area contributed by atoms with Crippen LogP contribution in [0.2, 0.25) is 0 Å². The number of pyridine rings is 1. The van der Waals surface area contributed by atoms with Gasteiger partial charge in [0.05, 0.1) is 18.6 Å². The van der Waals surface area contributed by atoms with Crippen LogP contribution in [0.5, 0.6) is 0 Å². The first-order valence-corrected chi connectivity index (χ1v) is 12.1. The van der Waals surface area contributed by atoms with Crippen molar-refractivity contribution in [3.63, 3.8) is 0 Å². The quantitative estimate of drug-likeness (QED) is 0.189. The van der Waals surface area contributed by atoms with Crippen molar-refractivity contribution in [2.75, 3.05) is 7.11 Å². The third-order valence-corrected chi connectivity index (χ3v) is 6.30. The van der Waals surface area contributed by atoms with Gasteiger partial charge in [0.2, 0.25) is 0 Å². The topological polar surface area (TPSA) is 115 Å². The number of carbonyl (C=O) groups is 3. The molecule has 3 rings (SSSR count). The summed E-state index contributed by atoms with van der Waals surface area (Å²) in [4.78, 5) is 42.9. The van der Waals surface area contributed by atoms with Crippen LogP contribution in [0.3, 0.4) is 0 Å². The van der Waals surface area contributed by atoms with Crippen LogP contribution in [0, 0.1) is 5.92 Å². The Hall–Kier alpha value is -4.04. The molecule has 0 saturated heterocycles. The lowest BCUT2D eigenvalue weighted by atomic mass is 9.93. The van der Waals surface area contributed by atoms with Gasteiger partial charge in [-0.3, -0.25) is 24.4 Å². The number of esters is 1. The summed E-state index contributed by atoms with van der Waals surface area (Å²) in [5, 5.41) is 3.92. The van der Waals surface area contributed by atoms with Crippen molar-refractivity contribution in [3.05, 3.63) is 90.3 Å². The summed E-state index contributed by atoms with van der Waals surface area (Å²) in [6.07, 6.45) is 3.89. The Morgan fingerprint density at radius 3 is 2.24 bits per heavy atom. The number of amides is 2. The number of methoxy groups -OCH3 is 1. The minimum absolute atomic E-state index is 0.0377. The first kappa shape index (κ1) is 27.5. The Bertz CT molecular complexity index is 1200. The monoisotopic (exact) mass is 502 g/mol. The zero-order valence-electron chi connectivity index (χ0n) is 21.7. The SMILES string of the molecule is COC(=O)[C@@H](C)C[C@H](NC(=O)c1ccc(-c2ccccc2)cc1)C(=O)N(N)C(C)(C)Cc1cccnc1. The number of rotatable bonds is 10. The lowest BCUT2D eigenvalue weighted by Crippen LogP contribution is -2.60. The van der Waals surface area contributed by atoms with Crippen molar-refractivity contribution in [1.29, 1.82) is 0 Å². The van der Waals surface area contributed by atoms with Gasteiger partial charge in [0.25, 0.3) is 11.8 Å². The molecule has 0 radical (unpaired) electrons. The van der Waals surface area contributed by atoms with Crippen LogP contribution in [0.4, 0.5) is 0 Å². The van der Waals surface area contributed by atoms with Crippen molar-refractivity contribution < 1.29 is 19.1 Å². The number of nitrogens with zero attached hydrogens (tertiary/aromatic N) is 2. The molecule has 2 amide bonds. The Balaban J connectivity index is 1.79. The zero-order valence-corrected chi connectivity index (χ0v) is 21.7. The zero-order chi connectivity index (χ0) is 27.0. The summed E-state index contributed by atoms with van der Waals surface area (Å²) in [5.74, 6) is 4.28. The highest BCUT2D eigenvalue weighted by atomic mass is 16.5. The molecule has 0 saturated carbocycles. The molecule has 3 N–H and O–H groups in total. The van der Waals surface area contributed by atoms with Gasteiger partial charge < -0.3 is 10.1 Å². The second-order valence-corrected chi connectivity index (χ2v) is 9.69. The Labute approximate surface area is 217 Å². The smallest absolute Gasteiger partial charge is 0.308 e. The van der Waals surface area contributed by atoms with Gasteiger partial charge in [0.15, 0.2) is 0 Å². The number of nitrogens with two attached hydrogens (primary N) is 1. The first-order chi connectivity index (χ1) is 17.6. The van der Waals surface area contributed by atoms with E-state index in [-0.39, 0.29) is 6.42 Å². The van der Waals surface area contributed by atoms with Crippen molar-refractivity contribution in [2.45, 2.75) is 45.2 Å². The Kier molecular flexibility index (Phi) is 9.14. The molecule has 0 spiro atoms. The van der Waals surface area contributed by atoms with E-state index in [2.05, 4.69) is 10.3 Å². The van der Waals surface area contributed by atoms with Crippen molar-refractivity contribution >= 4 is 17.8 Å². The Morgan fingerprint density at radius 2 is 1.65 bits per heavy atom. The summed E-state index contributed by atoms with van der Waals surface area (Å²) in [5.41, 5.74) is 2.52. The Morgan fingerprint density at radius 1 is 1.00 bits per heavy atom. The highest BCUT2D eigenvalue weighted by molar-refractivity contribution is 5.98. The van der Waals surface area contributed by atoms with E-state index in [0.717, 1.165) is 21.7 Å². The van der Waals surface area contributed by atoms with Gasteiger partial charge >= 0.3 is 5.97 Å². The van der Waals surface area contributed by atoms with E-state index in [1.165, 1.54) is 7.11 Å². The third-order valence-electron chi connectivity index (χ3n) is 6.30. The maximum atomic E-state index is 13.6. The van der Waals surface area contributed by atoms with Crippen LogP contribution >= 0.6 is 0 Å². The van der Waals surface area contributed by atoms with Crippen LogP contribution in [0.25, 0.3) is 11.1 Å². The average Bonchev–Trinajstić information content (AvgIpc) is 2.92. The van der Waals surface area contributed by atoms with E-state index >= 15 is 0 Å². The van der Waals surface area contributed by atoms with Crippen LogP contribution < -0.4 is 11.2 Å². The fourth-order valence-corrected chi connectivity index (χ4v) is 4.11. The van der Waals surface area contributed by atoms with Gasteiger partial charge in [-0.15, -0.1) is 0 Å². The minimum Gasteiger partial charge on any atom is -0.469 e. The minimum atomic E-state index is -1.03. The maximum absolute atomic E-state index is 13.6. The number of carbonyl (C=O) groups excluding carboxylic acids is 3. The van der Waals surface area contributed by atoms with Gasteiger partial charge in [0.1, 0.15) is 6.04 Å². The van der Waals surface area contributed by atoms with E-state index in [1.807, 2.05) is 68.4 Å². The fourth-order valence-electron chi connectivity index (χ4n) is 4.11. The number of nitrogens with one attached hydrogen (secondary N) is 1. The average molecular weight is 503 g/mol. The molecule has 8 nitrogen and oxygen atoms in total. The molecule has 0 aliphatic carbocycles. The number of aromatic nitrogens is 1. The van der Waals surface area contributed by atoms with Crippen molar-refractivity contribution in [2.24, 2.45) is 11.8 Å². The van der Waals surface area contributed by atoms with Gasteiger partial charge in [-0.1, -0.05) is 55.5 Å². The number of hydrogen-bond donors (Lipinski definition) is 2. The number of benzene rings is 2. The van der Waals surface area contributed by atoms with Gasteiger partial charge in [-0.25, -0.2) is 5.84 Å². The summed E-state index contributed by atoms with van der Waals surface area (Å²) in [6, 6.07) is 19.6. The number of ether oxygens (including phenoxy) is 1. The second-order valence-electron chi connectivity index (χ2n) is 9.69. The molecule has 8 heteroatoms. The molecule has 2 atom stereocenters. The molecule has 194 valence electrons. The van der Waals surface area contributed by atoms with Gasteiger partial charge in [0, 0.05) is 18.0 Å². The third kappa shape index (κ3) is 7.24. The van der Waals surface area contributed by atoms with Gasteiger partial charge in [-0.05, 0) is 61.6 Å². The molecule has 0 bridgehead atoms. The maximum Gasteiger partial charge on any atom is 0.308 e. The molecule has 3 aromatic rings. The summed E-state index contributed by atoms with van der Waals surface area (Å²) in [6.45, 7) is 5.32. The van der Waals surface area contributed by atoms with Crippen LogP contribution in [-0.2, 0) is 20.7 Å². The summed E-state index contributed by atoms with van der Waals surface area (Å²) in [7, 11) is 1.29. The van der Waals surface area contributed by atoms with E-state index in [1.54, 1.807) is 31.5 Å². The molecule has 1 aromatic heterocycles. The lowest BCUT2D eigenvalue weighted by molar-refractivity contribution is -0.146. The predicted molar refractivity (Wildman–Crippen MR) is 142 cm³/mol. The molecule has 0 aliphatic rings. The number of hydrogen-bond acceptors (Lipinski definition) is 6. The van der Waals surface area contributed by atoms with Crippen LogP contribution in [0.1, 0.15) is 43.1 Å². The molecule has 2 aromatic carbocycles. The van der Waals surface area contributed by atoms with E-state index in [0.29, 0.717) is 12.0 Å². The van der Waals surface area contributed by atoms with Crippen LogP contribution in [0.15, 0.2) is 79.1 Å². The first-order valence-electron chi connectivity index (χ1n) is 12.1. The highest BCUT2D eigenvalue weighted by Crippen LogP contribution is 2.22. The molecular formula is C29H34N4O4. The number of hydrazine groups is 1. The molecule has 1 heterocycles.